The summed E-state index contributed by atoms with van der Waals surface area (Å²) in [6.07, 6.45) is 0. The summed E-state index contributed by atoms with van der Waals surface area (Å²) in [6.45, 7) is 1.94. The van der Waals surface area contributed by atoms with E-state index < -0.39 is 5.97 Å². The number of esters is 1. The minimum absolute atomic E-state index is 0.0417. The topological polar surface area (TPSA) is 78.4 Å². The van der Waals surface area contributed by atoms with E-state index in [1.165, 1.54) is 18.2 Å². The molecule has 0 amide bonds. The first-order chi connectivity index (χ1) is 11.1. The summed E-state index contributed by atoms with van der Waals surface area (Å²) < 4.78 is 28.7. The fourth-order valence-electron chi connectivity index (χ4n) is 1.86. The molecule has 0 N–H and O–H groups in total. The SMILES string of the molecule is CCOC(=O)c1cc(-c2nc(-c3ccc(F)cc3)oc2Br)on1. The highest BCUT2D eigenvalue weighted by atomic mass is 79.9. The number of hydrogen-bond donors (Lipinski definition) is 0. The number of oxazole rings is 1. The van der Waals surface area contributed by atoms with Gasteiger partial charge in [-0.2, -0.15) is 0 Å². The molecule has 0 bridgehead atoms. The van der Waals surface area contributed by atoms with Crippen molar-refractivity contribution in [1.82, 2.24) is 10.1 Å². The Kier molecular flexibility index (Phi) is 4.24. The zero-order valence-corrected chi connectivity index (χ0v) is 13.5. The van der Waals surface area contributed by atoms with Crippen LogP contribution in [-0.2, 0) is 4.74 Å². The molecule has 0 aliphatic rings. The standard InChI is InChI=1S/C15H10BrFN2O4/c1-2-21-15(20)10-7-11(23-19-10)12-13(16)22-14(18-12)8-3-5-9(17)6-4-8/h3-7H,2H2,1H3. The van der Waals surface area contributed by atoms with E-state index in [1.807, 2.05) is 0 Å². The maximum absolute atomic E-state index is 13.0. The minimum Gasteiger partial charge on any atom is -0.461 e. The van der Waals surface area contributed by atoms with E-state index >= 15 is 0 Å². The second kappa shape index (κ2) is 6.33. The molecule has 8 heteroatoms. The van der Waals surface area contributed by atoms with Gasteiger partial charge in [-0.1, -0.05) is 5.16 Å². The van der Waals surface area contributed by atoms with E-state index in [0.29, 0.717) is 15.9 Å². The lowest BCUT2D eigenvalue weighted by Crippen LogP contribution is -2.04. The lowest BCUT2D eigenvalue weighted by atomic mass is 10.2. The van der Waals surface area contributed by atoms with Crippen molar-refractivity contribution >= 4 is 21.9 Å². The summed E-state index contributed by atoms with van der Waals surface area (Å²) in [5.74, 6) is -0.409. The molecule has 2 heterocycles. The Morgan fingerprint density at radius 1 is 1.35 bits per heavy atom. The van der Waals surface area contributed by atoms with Gasteiger partial charge in [0.2, 0.25) is 10.6 Å². The molecule has 0 unspecified atom stereocenters. The van der Waals surface area contributed by atoms with E-state index in [-0.39, 0.29) is 29.8 Å². The van der Waals surface area contributed by atoms with Gasteiger partial charge >= 0.3 is 5.97 Å². The van der Waals surface area contributed by atoms with Crippen LogP contribution in [0.15, 0.2) is 43.9 Å². The number of rotatable bonds is 4. The largest absolute Gasteiger partial charge is 0.461 e. The Labute approximate surface area is 138 Å². The number of carbonyl (C=O) groups excluding carboxylic acids is 1. The van der Waals surface area contributed by atoms with Crippen molar-refractivity contribution in [3.8, 4) is 22.9 Å². The van der Waals surface area contributed by atoms with Crippen LogP contribution in [0, 0.1) is 5.82 Å². The third-order valence-corrected chi connectivity index (χ3v) is 3.44. The summed E-state index contributed by atoms with van der Waals surface area (Å²) >= 11 is 3.24. The highest BCUT2D eigenvalue weighted by Crippen LogP contribution is 2.33. The van der Waals surface area contributed by atoms with Crippen molar-refractivity contribution < 1.29 is 22.9 Å². The summed E-state index contributed by atoms with van der Waals surface area (Å²) in [6, 6.07) is 7.11. The number of hydrogen-bond acceptors (Lipinski definition) is 6. The van der Waals surface area contributed by atoms with Gasteiger partial charge in [-0.3, -0.25) is 0 Å². The Morgan fingerprint density at radius 2 is 2.09 bits per heavy atom. The number of carbonyl (C=O) groups is 1. The maximum Gasteiger partial charge on any atom is 0.360 e. The zero-order valence-electron chi connectivity index (χ0n) is 11.9. The maximum atomic E-state index is 13.0. The molecule has 23 heavy (non-hydrogen) atoms. The van der Waals surface area contributed by atoms with E-state index in [0.717, 1.165) is 0 Å². The Bertz CT molecular complexity index is 842. The zero-order chi connectivity index (χ0) is 16.4. The second-order valence-electron chi connectivity index (χ2n) is 4.45. The molecule has 6 nitrogen and oxygen atoms in total. The average molecular weight is 381 g/mol. The molecule has 118 valence electrons. The summed E-state index contributed by atoms with van der Waals surface area (Å²) in [5, 5.41) is 3.64. The van der Waals surface area contributed by atoms with Gasteiger partial charge in [-0.25, -0.2) is 14.2 Å². The molecule has 0 saturated carbocycles. The number of aromatic nitrogens is 2. The molecule has 0 atom stereocenters. The number of nitrogens with zero attached hydrogens (tertiary/aromatic N) is 2. The number of halogens is 2. The first-order valence-corrected chi connectivity index (χ1v) is 7.44. The van der Waals surface area contributed by atoms with Gasteiger partial charge in [0.1, 0.15) is 5.82 Å². The molecule has 0 aliphatic carbocycles. The van der Waals surface area contributed by atoms with Crippen molar-refractivity contribution in [1.29, 1.82) is 0 Å². The molecule has 0 radical (unpaired) electrons. The highest BCUT2D eigenvalue weighted by molar-refractivity contribution is 9.10. The van der Waals surface area contributed by atoms with Gasteiger partial charge in [0.15, 0.2) is 17.1 Å². The smallest absolute Gasteiger partial charge is 0.360 e. The van der Waals surface area contributed by atoms with Crippen molar-refractivity contribution in [2.75, 3.05) is 6.61 Å². The Hall–Kier alpha value is -2.48. The number of ether oxygens (including phenoxy) is 1. The lowest BCUT2D eigenvalue weighted by Gasteiger charge is -1.94. The number of benzene rings is 1. The summed E-state index contributed by atoms with van der Waals surface area (Å²) in [5.41, 5.74) is 0.982. The first-order valence-electron chi connectivity index (χ1n) is 6.65. The summed E-state index contributed by atoms with van der Waals surface area (Å²) in [4.78, 5) is 15.9. The predicted molar refractivity (Wildman–Crippen MR) is 81.1 cm³/mol. The van der Waals surface area contributed by atoms with Gasteiger partial charge in [0, 0.05) is 11.6 Å². The highest BCUT2D eigenvalue weighted by Gasteiger charge is 2.21. The molecule has 2 aromatic heterocycles. The summed E-state index contributed by atoms with van der Waals surface area (Å²) in [7, 11) is 0. The first kappa shape index (κ1) is 15.4. The van der Waals surface area contributed by atoms with Crippen LogP contribution in [0.25, 0.3) is 22.9 Å². The monoisotopic (exact) mass is 380 g/mol. The Morgan fingerprint density at radius 3 is 2.78 bits per heavy atom. The van der Waals surface area contributed by atoms with Crippen molar-refractivity contribution in [2.24, 2.45) is 0 Å². The van der Waals surface area contributed by atoms with E-state index in [4.69, 9.17) is 13.7 Å². The van der Waals surface area contributed by atoms with E-state index in [2.05, 4.69) is 26.1 Å². The molecule has 0 spiro atoms. The predicted octanol–water partition coefficient (Wildman–Crippen LogP) is 4.07. The van der Waals surface area contributed by atoms with Crippen LogP contribution in [-0.4, -0.2) is 22.7 Å². The fraction of sp³-hybridized carbons (Fsp3) is 0.133. The third kappa shape index (κ3) is 3.16. The van der Waals surface area contributed by atoms with Gasteiger partial charge in [-0.15, -0.1) is 0 Å². The molecule has 0 fully saturated rings. The Balaban J connectivity index is 1.92. The normalized spacial score (nSPS) is 10.7. The van der Waals surface area contributed by atoms with E-state index in [1.54, 1.807) is 19.1 Å². The fourth-order valence-corrected chi connectivity index (χ4v) is 2.29. The lowest BCUT2D eigenvalue weighted by molar-refractivity contribution is 0.0514. The quantitative estimate of drug-likeness (QED) is 0.634. The van der Waals surface area contributed by atoms with Crippen LogP contribution in [0.4, 0.5) is 4.39 Å². The van der Waals surface area contributed by atoms with Crippen molar-refractivity contribution in [2.45, 2.75) is 6.92 Å². The molecule has 1 aromatic carbocycles. The molecule has 0 aliphatic heterocycles. The van der Waals surface area contributed by atoms with Gasteiger partial charge < -0.3 is 13.7 Å². The third-order valence-electron chi connectivity index (χ3n) is 2.91. The molecule has 0 saturated heterocycles. The van der Waals surface area contributed by atoms with Crippen LogP contribution in [0.2, 0.25) is 0 Å². The molecule has 3 aromatic rings. The van der Waals surface area contributed by atoms with Gasteiger partial charge in [-0.05, 0) is 47.1 Å². The van der Waals surface area contributed by atoms with Crippen LogP contribution < -0.4 is 0 Å². The minimum atomic E-state index is -0.583. The average Bonchev–Trinajstić information content (AvgIpc) is 3.15. The van der Waals surface area contributed by atoms with Gasteiger partial charge in [0.25, 0.3) is 0 Å². The molecule has 3 rings (SSSR count). The van der Waals surface area contributed by atoms with E-state index in [9.17, 15) is 9.18 Å². The van der Waals surface area contributed by atoms with Crippen LogP contribution in [0.1, 0.15) is 17.4 Å². The van der Waals surface area contributed by atoms with Crippen molar-refractivity contribution in [3.05, 3.63) is 46.5 Å². The van der Waals surface area contributed by atoms with Crippen LogP contribution in [0.3, 0.4) is 0 Å². The van der Waals surface area contributed by atoms with Crippen molar-refractivity contribution in [3.63, 3.8) is 0 Å². The molecular formula is C15H10BrFN2O4. The molecular weight excluding hydrogens is 371 g/mol. The van der Waals surface area contributed by atoms with Crippen LogP contribution >= 0.6 is 15.9 Å². The second-order valence-corrected chi connectivity index (χ2v) is 5.17. The van der Waals surface area contributed by atoms with Crippen LogP contribution in [0.5, 0.6) is 0 Å². The van der Waals surface area contributed by atoms with Gasteiger partial charge in [0.05, 0.1) is 6.61 Å².